The van der Waals surface area contributed by atoms with Crippen LogP contribution in [0.3, 0.4) is 0 Å². The Labute approximate surface area is 120 Å². The van der Waals surface area contributed by atoms with Crippen LogP contribution in [-0.4, -0.2) is 39.8 Å². The number of carbonyl (C=O) groups excluding carboxylic acids is 1. The van der Waals surface area contributed by atoms with Crippen molar-refractivity contribution in [1.82, 2.24) is 10.6 Å². The summed E-state index contributed by atoms with van der Waals surface area (Å²) in [6.07, 6.45) is 1.25. The molecule has 1 unspecified atom stereocenters. The lowest BCUT2D eigenvalue weighted by Crippen LogP contribution is -2.35. The van der Waals surface area contributed by atoms with E-state index in [4.69, 9.17) is 9.47 Å². The minimum atomic E-state index is 0.0623. The predicted octanol–water partition coefficient (Wildman–Crippen LogP) is 1.36. The van der Waals surface area contributed by atoms with Crippen LogP contribution < -0.4 is 20.1 Å². The second kappa shape index (κ2) is 8.43. The van der Waals surface area contributed by atoms with Crippen LogP contribution in [0.2, 0.25) is 0 Å². The molecule has 0 saturated carbocycles. The zero-order chi connectivity index (χ0) is 15.0. The van der Waals surface area contributed by atoms with E-state index in [2.05, 4.69) is 10.6 Å². The van der Waals surface area contributed by atoms with Gasteiger partial charge in [-0.3, -0.25) is 4.79 Å². The zero-order valence-corrected chi connectivity index (χ0v) is 12.7. The summed E-state index contributed by atoms with van der Waals surface area (Å²) in [7, 11) is 5.06. The number of hydrogen-bond donors (Lipinski definition) is 2. The molecule has 5 nitrogen and oxygen atoms in total. The van der Waals surface area contributed by atoms with Gasteiger partial charge in [-0.05, 0) is 38.1 Å². The number of hydrogen-bond acceptors (Lipinski definition) is 4. The van der Waals surface area contributed by atoms with Crippen LogP contribution in [0.1, 0.15) is 18.9 Å². The van der Waals surface area contributed by atoms with E-state index in [-0.39, 0.29) is 11.9 Å². The number of amides is 1. The summed E-state index contributed by atoms with van der Waals surface area (Å²) in [6.45, 7) is 2.68. The van der Waals surface area contributed by atoms with E-state index >= 15 is 0 Å². The first-order valence-corrected chi connectivity index (χ1v) is 6.75. The van der Waals surface area contributed by atoms with Crippen LogP contribution in [0, 0.1) is 0 Å². The van der Waals surface area contributed by atoms with E-state index in [0.29, 0.717) is 24.5 Å². The van der Waals surface area contributed by atoms with Crippen molar-refractivity contribution in [3.8, 4) is 11.5 Å². The molecular formula is C15H24N2O3. The second-order valence-corrected chi connectivity index (χ2v) is 4.72. The number of carbonyl (C=O) groups is 1. The lowest BCUT2D eigenvalue weighted by molar-refractivity contribution is -0.121. The molecule has 1 aromatic carbocycles. The van der Waals surface area contributed by atoms with Crippen molar-refractivity contribution in [2.75, 3.05) is 27.8 Å². The Hall–Kier alpha value is -1.75. The third-order valence-electron chi connectivity index (χ3n) is 3.00. The van der Waals surface area contributed by atoms with E-state index in [0.717, 1.165) is 12.0 Å². The molecule has 0 bridgehead atoms. The molecule has 0 aliphatic heterocycles. The molecule has 1 atom stereocenters. The molecule has 20 heavy (non-hydrogen) atoms. The summed E-state index contributed by atoms with van der Waals surface area (Å²) < 4.78 is 10.5. The Morgan fingerprint density at radius 2 is 1.95 bits per heavy atom. The van der Waals surface area contributed by atoms with Gasteiger partial charge in [0.25, 0.3) is 0 Å². The lowest BCUT2D eigenvalue weighted by Gasteiger charge is -2.15. The molecule has 0 heterocycles. The fourth-order valence-electron chi connectivity index (χ4n) is 2.00. The summed E-state index contributed by atoms with van der Waals surface area (Å²) in [4.78, 5) is 11.6. The molecule has 0 aromatic heterocycles. The highest BCUT2D eigenvalue weighted by Crippen LogP contribution is 2.27. The summed E-state index contributed by atoms with van der Waals surface area (Å²) in [5.74, 6) is 1.48. The maximum Gasteiger partial charge on any atom is 0.221 e. The molecule has 0 aliphatic carbocycles. The normalized spacial score (nSPS) is 11.8. The first kappa shape index (κ1) is 16.3. The average Bonchev–Trinajstić information content (AvgIpc) is 2.44. The van der Waals surface area contributed by atoms with Crippen molar-refractivity contribution in [2.45, 2.75) is 25.8 Å². The highest BCUT2D eigenvalue weighted by Gasteiger charge is 2.10. The molecule has 0 radical (unpaired) electrons. The molecular weight excluding hydrogens is 256 g/mol. The molecule has 5 heteroatoms. The largest absolute Gasteiger partial charge is 0.493 e. The molecule has 1 rings (SSSR count). The number of ether oxygens (including phenoxy) is 2. The van der Waals surface area contributed by atoms with Crippen LogP contribution >= 0.6 is 0 Å². The zero-order valence-electron chi connectivity index (χ0n) is 12.7. The molecule has 0 aliphatic rings. The van der Waals surface area contributed by atoms with Crippen LogP contribution in [0.15, 0.2) is 18.2 Å². The van der Waals surface area contributed by atoms with Crippen molar-refractivity contribution in [1.29, 1.82) is 0 Å². The Bertz CT molecular complexity index is 435. The highest BCUT2D eigenvalue weighted by molar-refractivity contribution is 5.76. The standard InChI is InChI=1S/C15H24N2O3/c1-11(17-15(18)7-8-16-2)9-12-5-6-13(19-3)14(10-12)20-4/h5-6,10-11,16H,7-9H2,1-4H3,(H,17,18). The van der Waals surface area contributed by atoms with Crippen molar-refractivity contribution < 1.29 is 14.3 Å². The van der Waals surface area contributed by atoms with Gasteiger partial charge >= 0.3 is 0 Å². The molecule has 0 fully saturated rings. The van der Waals surface area contributed by atoms with E-state index in [9.17, 15) is 4.79 Å². The minimum Gasteiger partial charge on any atom is -0.493 e. The first-order valence-electron chi connectivity index (χ1n) is 6.75. The maximum atomic E-state index is 11.6. The highest BCUT2D eigenvalue weighted by atomic mass is 16.5. The number of benzene rings is 1. The Morgan fingerprint density at radius 3 is 2.55 bits per heavy atom. The fourth-order valence-corrected chi connectivity index (χ4v) is 2.00. The Balaban J connectivity index is 2.57. The monoisotopic (exact) mass is 280 g/mol. The van der Waals surface area contributed by atoms with E-state index in [1.54, 1.807) is 14.2 Å². The van der Waals surface area contributed by atoms with Gasteiger partial charge in [0, 0.05) is 19.0 Å². The quantitative estimate of drug-likeness (QED) is 0.755. The van der Waals surface area contributed by atoms with Crippen LogP contribution in [-0.2, 0) is 11.2 Å². The van der Waals surface area contributed by atoms with Gasteiger partial charge < -0.3 is 20.1 Å². The molecule has 0 saturated heterocycles. The van der Waals surface area contributed by atoms with Crippen molar-refractivity contribution in [3.63, 3.8) is 0 Å². The third kappa shape index (κ3) is 5.09. The van der Waals surface area contributed by atoms with Gasteiger partial charge in [-0.2, -0.15) is 0 Å². The van der Waals surface area contributed by atoms with Gasteiger partial charge in [0.2, 0.25) is 5.91 Å². The Kier molecular flexibility index (Phi) is 6.87. The van der Waals surface area contributed by atoms with Gasteiger partial charge in [0.15, 0.2) is 11.5 Å². The third-order valence-corrected chi connectivity index (χ3v) is 3.00. The SMILES string of the molecule is CNCCC(=O)NC(C)Cc1ccc(OC)c(OC)c1. The molecule has 1 aromatic rings. The number of rotatable bonds is 8. The van der Waals surface area contributed by atoms with Crippen LogP contribution in [0.25, 0.3) is 0 Å². The summed E-state index contributed by atoms with van der Waals surface area (Å²) in [5, 5.41) is 5.94. The fraction of sp³-hybridized carbons (Fsp3) is 0.533. The van der Waals surface area contributed by atoms with Gasteiger partial charge in [-0.25, -0.2) is 0 Å². The molecule has 112 valence electrons. The van der Waals surface area contributed by atoms with Crippen molar-refractivity contribution in [2.24, 2.45) is 0 Å². The molecule has 0 spiro atoms. The Morgan fingerprint density at radius 1 is 1.25 bits per heavy atom. The number of nitrogens with one attached hydrogen (secondary N) is 2. The topological polar surface area (TPSA) is 59.6 Å². The van der Waals surface area contributed by atoms with Crippen molar-refractivity contribution in [3.05, 3.63) is 23.8 Å². The van der Waals surface area contributed by atoms with Gasteiger partial charge in [-0.1, -0.05) is 6.07 Å². The molecule has 1 amide bonds. The minimum absolute atomic E-state index is 0.0623. The summed E-state index contributed by atoms with van der Waals surface area (Å²) in [5.41, 5.74) is 1.10. The van der Waals surface area contributed by atoms with E-state index < -0.39 is 0 Å². The summed E-state index contributed by atoms with van der Waals surface area (Å²) in [6, 6.07) is 5.88. The average molecular weight is 280 g/mol. The lowest BCUT2D eigenvalue weighted by atomic mass is 10.1. The van der Waals surface area contributed by atoms with Crippen molar-refractivity contribution >= 4 is 5.91 Å². The van der Waals surface area contributed by atoms with E-state index in [1.165, 1.54) is 0 Å². The van der Waals surface area contributed by atoms with Gasteiger partial charge in [-0.15, -0.1) is 0 Å². The molecule has 2 N–H and O–H groups in total. The van der Waals surface area contributed by atoms with Crippen LogP contribution in [0.4, 0.5) is 0 Å². The van der Waals surface area contributed by atoms with Crippen LogP contribution in [0.5, 0.6) is 11.5 Å². The maximum absolute atomic E-state index is 11.6. The second-order valence-electron chi connectivity index (χ2n) is 4.72. The smallest absolute Gasteiger partial charge is 0.221 e. The van der Waals surface area contributed by atoms with E-state index in [1.807, 2.05) is 32.2 Å². The first-order chi connectivity index (χ1) is 9.60. The predicted molar refractivity (Wildman–Crippen MR) is 79.4 cm³/mol. The summed E-state index contributed by atoms with van der Waals surface area (Å²) >= 11 is 0. The van der Waals surface area contributed by atoms with Gasteiger partial charge in [0.05, 0.1) is 14.2 Å². The van der Waals surface area contributed by atoms with Gasteiger partial charge in [0.1, 0.15) is 0 Å². The number of methoxy groups -OCH3 is 2.